The maximum absolute atomic E-state index is 12.5. The number of H-pyrrole nitrogens is 1. The van der Waals surface area contributed by atoms with Crippen LogP contribution < -0.4 is 16.7 Å². The number of hydrogen-bond acceptors (Lipinski definition) is 6. The molecule has 1 amide bonds. The van der Waals surface area contributed by atoms with Crippen molar-refractivity contribution < 1.29 is 9.53 Å². The first-order valence-corrected chi connectivity index (χ1v) is 8.42. The van der Waals surface area contributed by atoms with Gasteiger partial charge in [-0.2, -0.15) is 0 Å². The third kappa shape index (κ3) is 3.91. The topological polar surface area (TPSA) is 128 Å². The molecule has 0 atom stereocenters. The Morgan fingerprint density at radius 2 is 2.07 bits per heavy atom. The number of aromatic nitrogens is 4. The van der Waals surface area contributed by atoms with E-state index in [9.17, 15) is 9.59 Å². The number of nitrogens with zero attached hydrogens (tertiary/aromatic N) is 3. The number of carbonyl (C=O) groups excluding carboxylic acids is 1. The predicted octanol–water partition coefficient (Wildman–Crippen LogP) is 2.02. The van der Waals surface area contributed by atoms with Gasteiger partial charge in [-0.3, -0.25) is 0 Å². The fourth-order valence-electron chi connectivity index (χ4n) is 2.64. The van der Waals surface area contributed by atoms with Crippen molar-refractivity contribution in [1.29, 1.82) is 0 Å². The van der Waals surface area contributed by atoms with Crippen molar-refractivity contribution in [3.05, 3.63) is 46.1 Å². The molecule has 142 valence electrons. The van der Waals surface area contributed by atoms with Gasteiger partial charge in [0.05, 0.1) is 5.69 Å². The van der Waals surface area contributed by atoms with Crippen LogP contribution in [-0.4, -0.2) is 31.2 Å². The molecule has 4 N–H and O–H groups in total. The number of aromatic amines is 1. The summed E-state index contributed by atoms with van der Waals surface area (Å²) in [5.41, 5.74) is 8.06. The van der Waals surface area contributed by atoms with E-state index < -0.39 is 6.09 Å². The van der Waals surface area contributed by atoms with Crippen molar-refractivity contribution in [3.63, 3.8) is 0 Å². The molecule has 0 aliphatic heterocycles. The van der Waals surface area contributed by atoms with Gasteiger partial charge in [0, 0.05) is 5.54 Å². The van der Waals surface area contributed by atoms with Crippen LogP contribution in [0.4, 0.5) is 10.6 Å². The van der Waals surface area contributed by atoms with E-state index in [0.29, 0.717) is 16.9 Å². The Balaban J connectivity index is 1.93. The van der Waals surface area contributed by atoms with Crippen LogP contribution in [0.2, 0.25) is 0 Å². The van der Waals surface area contributed by atoms with Gasteiger partial charge >= 0.3 is 11.8 Å². The van der Waals surface area contributed by atoms with Crippen molar-refractivity contribution in [2.75, 3.05) is 5.73 Å². The Labute approximate surface area is 155 Å². The highest BCUT2D eigenvalue weighted by Crippen LogP contribution is 2.21. The molecule has 0 spiro atoms. The van der Waals surface area contributed by atoms with Gasteiger partial charge in [0.25, 0.3) is 0 Å². The number of benzene rings is 1. The van der Waals surface area contributed by atoms with Crippen LogP contribution in [0.5, 0.6) is 0 Å². The zero-order valence-corrected chi connectivity index (χ0v) is 15.7. The van der Waals surface area contributed by atoms with Gasteiger partial charge in [-0.1, -0.05) is 12.1 Å². The second-order valence-corrected chi connectivity index (χ2v) is 7.30. The zero-order valence-electron chi connectivity index (χ0n) is 15.7. The molecular formula is C18H22N6O3. The number of imidazole rings is 1. The molecule has 9 nitrogen and oxygen atoms in total. The molecule has 2 heterocycles. The van der Waals surface area contributed by atoms with E-state index in [0.717, 1.165) is 11.1 Å². The minimum Gasteiger partial charge on any atom is -0.445 e. The summed E-state index contributed by atoms with van der Waals surface area (Å²) in [6.45, 7) is 7.56. The third-order valence-electron chi connectivity index (χ3n) is 3.86. The normalized spacial score (nSPS) is 11.6. The van der Waals surface area contributed by atoms with Crippen molar-refractivity contribution in [3.8, 4) is 5.69 Å². The van der Waals surface area contributed by atoms with Crippen LogP contribution in [0.3, 0.4) is 0 Å². The molecule has 0 saturated heterocycles. The molecule has 0 unspecified atom stereocenters. The van der Waals surface area contributed by atoms with Crippen molar-refractivity contribution in [2.24, 2.45) is 0 Å². The minimum absolute atomic E-state index is 0.0728. The molecule has 0 saturated carbocycles. The van der Waals surface area contributed by atoms with Crippen LogP contribution in [0.25, 0.3) is 16.9 Å². The molecule has 0 aliphatic carbocycles. The maximum atomic E-state index is 12.5. The van der Waals surface area contributed by atoms with Crippen molar-refractivity contribution >= 4 is 23.1 Å². The second kappa shape index (κ2) is 6.75. The Bertz CT molecular complexity index is 1060. The molecule has 1 aromatic carbocycles. The number of anilines is 1. The lowest BCUT2D eigenvalue weighted by atomic mass is 10.1. The van der Waals surface area contributed by atoms with Gasteiger partial charge in [0.1, 0.15) is 18.5 Å². The Kier molecular flexibility index (Phi) is 4.61. The number of hydrogen-bond donors (Lipinski definition) is 3. The number of nitrogens with one attached hydrogen (secondary N) is 2. The lowest BCUT2D eigenvalue weighted by Gasteiger charge is -2.20. The highest BCUT2D eigenvalue weighted by Gasteiger charge is 2.17. The van der Waals surface area contributed by atoms with E-state index >= 15 is 0 Å². The number of ether oxygens (including phenoxy) is 1. The summed E-state index contributed by atoms with van der Waals surface area (Å²) in [5, 5.41) is 2.73. The average molecular weight is 370 g/mol. The van der Waals surface area contributed by atoms with Gasteiger partial charge in [0.2, 0.25) is 0 Å². The quantitative estimate of drug-likeness (QED) is 0.647. The number of alkyl carbamates (subject to hydrolysis) is 1. The standard InChI is InChI=1S/C18H22N6O3/c1-10-5-6-11(8-27-17(26)23-18(2,3)4)7-12(10)24-15-13(22-16(24)25)14(19)20-9-21-15/h5-7,9H,8H2,1-4H3,(H,22,25)(H,23,26)(H2,19,20,21). The maximum Gasteiger partial charge on any atom is 0.407 e. The lowest BCUT2D eigenvalue weighted by Crippen LogP contribution is -2.40. The van der Waals surface area contributed by atoms with Gasteiger partial charge in [0.15, 0.2) is 11.5 Å². The molecule has 3 aromatic rings. The Morgan fingerprint density at radius 3 is 2.78 bits per heavy atom. The molecular weight excluding hydrogens is 348 g/mol. The summed E-state index contributed by atoms with van der Waals surface area (Å²) >= 11 is 0. The summed E-state index contributed by atoms with van der Waals surface area (Å²) in [5.74, 6) is 0.201. The van der Waals surface area contributed by atoms with Gasteiger partial charge in [-0.25, -0.2) is 24.1 Å². The first-order chi connectivity index (χ1) is 12.7. The van der Waals surface area contributed by atoms with Crippen molar-refractivity contribution in [2.45, 2.75) is 39.8 Å². The summed E-state index contributed by atoms with van der Waals surface area (Å²) in [7, 11) is 0. The smallest absolute Gasteiger partial charge is 0.407 e. The van der Waals surface area contributed by atoms with Gasteiger partial charge < -0.3 is 20.8 Å². The third-order valence-corrected chi connectivity index (χ3v) is 3.86. The van der Waals surface area contributed by atoms with Crippen LogP contribution in [-0.2, 0) is 11.3 Å². The summed E-state index contributed by atoms with van der Waals surface area (Å²) in [4.78, 5) is 35.1. The van der Waals surface area contributed by atoms with Gasteiger partial charge in [-0.15, -0.1) is 0 Å². The molecule has 9 heteroatoms. The summed E-state index contributed by atoms with van der Waals surface area (Å²) in [6.07, 6.45) is 0.801. The van der Waals surface area contributed by atoms with Crippen LogP contribution in [0, 0.1) is 6.92 Å². The average Bonchev–Trinajstić information content (AvgIpc) is 2.90. The number of carbonyl (C=O) groups is 1. The van der Waals surface area contributed by atoms with Crippen LogP contribution in [0.15, 0.2) is 29.3 Å². The molecule has 0 bridgehead atoms. The zero-order chi connectivity index (χ0) is 19.8. The number of nitrogen functional groups attached to an aromatic ring is 1. The van der Waals surface area contributed by atoms with E-state index in [4.69, 9.17) is 10.5 Å². The number of amides is 1. The van der Waals surface area contributed by atoms with Gasteiger partial charge in [-0.05, 0) is 44.9 Å². The van der Waals surface area contributed by atoms with E-state index in [1.165, 1.54) is 10.9 Å². The summed E-state index contributed by atoms with van der Waals surface area (Å²) < 4.78 is 6.69. The largest absolute Gasteiger partial charge is 0.445 e. The Morgan fingerprint density at radius 1 is 1.33 bits per heavy atom. The van der Waals surface area contributed by atoms with E-state index in [-0.39, 0.29) is 23.7 Å². The first kappa shape index (κ1) is 18.4. The molecule has 0 aliphatic rings. The van der Waals surface area contributed by atoms with Crippen LogP contribution >= 0.6 is 0 Å². The Hall–Kier alpha value is -3.36. The monoisotopic (exact) mass is 370 g/mol. The van der Waals surface area contributed by atoms with E-state index in [1.807, 2.05) is 39.8 Å². The SMILES string of the molecule is Cc1ccc(COC(=O)NC(C)(C)C)cc1-n1c(=O)[nH]c2c(N)ncnc21. The lowest BCUT2D eigenvalue weighted by molar-refractivity contribution is 0.131. The highest BCUT2D eigenvalue weighted by atomic mass is 16.5. The number of nitrogens with two attached hydrogens (primary N) is 1. The van der Waals surface area contributed by atoms with Crippen LogP contribution in [0.1, 0.15) is 31.9 Å². The first-order valence-electron chi connectivity index (χ1n) is 8.42. The number of rotatable bonds is 3. The second-order valence-electron chi connectivity index (χ2n) is 7.30. The molecule has 27 heavy (non-hydrogen) atoms. The molecule has 2 aromatic heterocycles. The number of aryl methyl sites for hydroxylation is 1. The number of fused-ring (bicyclic) bond motifs is 1. The fraction of sp³-hybridized carbons (Fsp3) is 0.333. The molecule has 0 radical (unpaired) electrons. The fourth-order valence-corrected chi connectivity index (χ4v) is 2.64. The van der Waals surface area contributed by atoms with Crippen molar-refractivity contribution in [1.82, 2.24) is 24.8 Å². The molecule has 3 rings (SSSR count). The predicted molar refractivity (Wildman–Crippen MR) is 102 cm³/mol. The minimum atomic E-state index is -0.505. The van der Waals surface area contributed by atoms with E-state index in [1.54, 1.807) is 6.07 Å². The summed E-state index contributed by atoms with van der Waals surface area (Å²) in [6, 6.07) is 5.48. The highest BCUT2D eigenvalue weighted by molar-refractivity contribution is 5.82. The molecule has 0 fully saturated rings. The van der Waals surface area contributed by atoms with E-state index in [2.05, 4.69) is 20.3 Å².